The standard InChI is InChI=1S/C12H11BrINO4/c13-7-2-1-6(5-8(7)14)15-11(16)9-3-4-10(19-9)12(17)18/h1-2,5,9-10H,3-4H2,(H,15,16)(H,17,18)/t9-,10+/m0/s1. The largest absolute Gasteiger partial charge is 0.479 e. The van der Waals surface area contributed by atoms with Crippen LogP contribution in [0.15, 0.2) is 22.7 Å². The molecular weight excluding hydrogens is 429 g/mol. The molecule has 1 aliphatic rings. The first-order valence-electron chi connectivity index (χ1n) is 5.61. The van der Waals surface area contributed by atoms with E-state index in [2.05, 4.69) is 43.8 Å². The number of anilines is 1. The number of nitrogens with one attached hydrogen (secondary N) is 1. The number of carboxylic acids is 1. The van der Waals surface area contributed by atoms with Gasteiger partial charge in [-0.2, -0.15) is 0 Å². The Morgan fingerprint density at radius 1 is 1.37 bits per heavy atom. The maximum atomic E-state index is 11.9. The minimum absolute atomic E-state index is 0.304. The summed E-state index contributed by atoms with van der Waals surface area (Å²) < 4.78 is 7.12. The van der Waals surface area contributed by atoms with Crippen LogP contribution in [0.4, 0.5) is 5.69 Å². The summed E-state index contributed by atoms with van der Waals surface area (Å²) >= 11 is 5.53. The summed E-state index contributed by atoms with van der Waals surface area (Å²) in [6.07, 6.45) is -0.773. The lowest BCUT2D eigenvalue weighted by Gasteiger charge is -2.12. The van der Waals surface area contributed by atoms with E-state index in [-0.39, 0.29) is 5.91 Å². The third kappa shape index (κ3) is 3.67. The van der Waals surface area contributed by atoms with Crippen molar-refractivity contribution < 1.29 is 19.4 Å². The van der Waals surface area contributed by atoms with E-state index in [0.717, 1.165) is 8.04 Å². The molecule has 2 rings (SSSR count). The SMILES string of the molecule is O=C(Nc1ccc(Br)c(I)c1)[C@@H]1CC[C@H](C(=O)O)O1. The highest BCUT2D eigenvalue weighted by atomic mass is 127. The Bertz CT molecular complexity index is 522. The van der Waals surface area contributed by atoms with Crippen LogP contribution in [0, 0.1) is 3.57 Å². The number of ether oxygens (including phenoxy) is 1. The molecule has 0 bridgehead atoms. The highest BCUT2D eigenvalue weighted by molar-refractivity contribution is 14.1. The molecule has 1 aromatic carbocycles. The third-order valence-corrected chi connectivity index (χ3v) is 5.10. The number of carbonyl (C=O) groups excluding carboxylic acids is 1. The van der Waals surface area contributed by atoms with Crippen LogP contribution in [0.3, 0.4) is 0 Å². The zero-order valence-electron chi connectivity index (χ0n) is 9.73. The summed E-state index contributed by atoms with van der Waals surface area (Å²) in [5, 5.41) is 11.5. The molecule has 19 heavy (non-hydrogen) atoms. The topological polar surface area (TPSA) is 75.6 Å². The molecular formula is C12H11BrINO4. The Morgan fingerprint density at radius 3 is 2.63 bits per heavy atom. The molecule has 0 spiro atoms. The normalized spacial score (nSPS) is 22.2. The summed E-state index contributed by atoms with van der Waals surface area (Å²) in [5.41, 5.74) is 0.667. The Labute approximate surface area is 132 Å². The molecule has 102 valence electrons. The lowest BCUT2D eigenvalue weighted by molar-refractivity contribution is -0.150. The molecule has 1 aromatic rings. The Hall–Kier alpha value is -0.670. The van der Waals surface area contributed by atoms with E-state index >= 15 is 0 Å². The molecule has 0 radical (unpaired) electrons. The van der Waals surface area contributed by atoms with Crippen LogP contribution in [-0.2, 0) is 14.3 Å². The highest BCUT2D eigenvalue weighted by Crippen LogP contribution is 2.24. The summed E-state index contributed by atoms with van der Waals surface area (Å²) in [5.74, 6) is -1.32. The fourth-order valence-corrected chi connectivity index (χ4v) is 2.57. The van der Waals surface area contributed by atoms with Gasteiger partial charge in [0.15, 0.2) is 6.10 Å². The zero-order chi connectivity index (χ0) is 14.0. The minimum Gasteiger partial charge on any atom is -0.479 e. The Balaban J connectivity index is 1.98. The molecule has 2 atom stereocenters. The number of rotatable bonds is 3. The average Bonchev–Trinajstić information content (AvgIpc) is 2.83. The van der Waals surface area contributed by atoms with Gasteiger partial charge < -0.3 is 15.2 Å². The smallest absolute Gasteiger partial charge is 0.332 e. The number of amides is 1. The van der Waals surface area contributed by atoms with Crippen molar-refractivity contribution in [3.05, 3.63) is 26.2 Å². The second-order valence-electron chi connectivity index (χ2n) is 4.15. The van der Waals surface area contributed by atoms with Gasteiger partial charge in [-0.3, -0.25) is 4.79 Å². The van der Waals surface area contributed by atoms with E-state index in [1.165, 1.54) is 0 Å². The highest BCUT2D eigenvalue weighted by Gasteiger charge is 2.34. The zero-order valence-corrected chi connectivity index (χ0v) is 13.5. The minimum atomic E-state index is -1.02. The van der Waals surface area contributed by atoms with Crippen LogP contribution < -0.4 is 5.32 Å². The van der Waals surface area contributed by atoms with Gasteiger partial charge in [-0.05, 0) is 69.6 Å². The van der Waals surface area contributed by atoms with Crippen LogP contribution in [0.5, 0.6) is 0 Å². The monoisotopic (exact) mass is 439 g/mol. The van der Waals surface area contributed by atoms with E-state index in [1.807, 2.05) is 12.1 Å². The van der Waals surface area contributed by atoms with Crippen molar-refractivity contribution >= 4 is 56.1 Å². The fourth-order valence-electron chi connectivity index (χ4n) is 1.81. The van der Waals surface area contributed by atoms with Gasteiger partial charge in [-0.15, -0.1) is 0 Å². The number of aliphatic carboxylic acids is 1. The molecule has 1 heterocycles. The van der Waals surface area contributed by atoms with Crippen LogP contribution in [0.1, 0.15) is 12.8 Å². The van der Waals surface area contributed by atoms with Crippen molar-refractivity contribution in [3.63, 3.8) is 0 Å². The molecule has 1 amide bonds. The predicted octanol–water partition coefficient (Wildman–Crippen LogP) is 2.62. The molecule has 5 nitrogen and oxygen atoms in total. The number of hydrogen-bond donors (Lipinski definition) is 2. The van der Waals surface area contributed by atoms with E-state index in [1.54, 1.807) is 6.07 Å². The lowest BCUT2D eigenvalue weighted by Crippen LogP contribution is -2.29. The Kier molecular flexibility index (Phi) is 4.80. The van der Waals surface area contributed by atoms with Crippen molar-refractivity contribution in [3.8, 4) is 0 Å². The average molecular weight is 440 g/mol. The summed E-state index contributed by atoms with van der Waals surface area (Å²) in [7, 11) is 0. The molecule has 1 fully saturated rings. The van der Waals surface area contributed by atoms with Crippen molar-refractivity contribution in [2.24, 2.45) is 0 Å². The second-order valence-corrected chi connectivity index (χ2v) is 6.16. The summed E-state index contributed by atoms with van der Waals surface area (Å²) in [6, 6.07) is 5.44. The van der Waals surface area contributed by atoms with Crippen LogP contribution in [0.25, 0.3) is 0 Å². The molecule has 7 heteroatoms. The molecule has 0 saturated carbocycles. The predicted molar refractivity (Wildman–Crippen MR) is 81.0 cm³/mol. The summed E-state index contributed by atoms with van der Waals surface area (Å²) in [4.78, 5) is 22.7. The number of carboxylic acid groups (broad SMARTS) is 1. The molecule has 1 aliphatic heterocycles. The first-order valence-corrected chi connectivity index (χ1v) is 7.48. The van der Waals surface area contributed by atoms with E-state index in [9.17, 15) is 9.59 Å². The number of benzene rings is 1. The second kappa shape index (κ2) is 6.19. The van der Waals surface area contributed by atoms with E-state index in [0.29, 0.717) is 18.5 Å². The maximum absolute atomic E-state index is 11.9. The summed E-state index contributed by atoms with van der Waals surface area (Å²) in [6.45, 7) is 0. The molecule has 1 saturated heterocycles. The number of hydrogen-bond acceptors (Lipinski definition) is 3. The van der Waals surface area contributed by atoms with Crippen LogP contribution in [-0.4, -0.2) is 29.2 Å². The van der Waals surface area contributed by atoms with E-state index < -0.39 is 18.2 Å². The van der Waals surface area contributed by atoms with Crippen LogP contribution in [0.2, 0.25) is 0 Å². The molecule has 0 aromatic heterocycles. The van der Waals surface area contributed by atoms with Crippen LogP contribution >= 0.6 is 38.5 Å². The van der Waals surface area contributed by atoms with Crippen molar-refractivity contribution in [2.45, 2.75) is 25.0 Å². The Morgan fingerprint density at radius 2 is 2.05 bits per heavy atom. The third-order valence-electron chi connectivity index (χ3n) is 2.77. The number of carbonyl (C=O) groups is 2. The van der Waals surface area contributed by atoms with Crippen molar-refractivity contribution in [1.82, 2.24) is 0 Å². The quantitative estimate of drug-likeness (QED) is 0.710. The van der Waals surface area contributed by atoms with Gasteiger partial charge in [-0.25, -0.2) is 4.79 Å². The first-order chi connectivity index (χ1) is 8.97. The van der Waals surface area contributed by atoms with Gasteiger partial charge in [0.05, 0.1) is 0 Å². The molecule has 0 unspecified atom stereocenters. The first kappa shape index (κ1) is 14.7. The van der Waals surface area contributed by atoms with Gasteiger partial charge in [0.2, 0.25) is 0 Å². The van der Waals surface area contributed by atoms with Crippen molar-refractivity contribution in [2.75, 3.05) is 5.32 Å². The van der Waals surface area contributed by atoms with Crippen molar-refractivity contribution in [1.29, 1.82) is 0 Å². The van der Waals surface area contributed by atoms with Gasteiger partial charge in [0.1, 0.15) is 6.10 Å². The lowest BCUT2D eigenvalue weighted by atomic mass is 10.2. The van der Waals surface area contributed by atoms with E-state index in [4.69, 9.17) is 9.84 Å². The molecule has 0 aliphatic carbocycles. The fraction of sp³-hybridized carbons (Fsp3) is 0.333. The number of halogens is 2. The van der Waals surface area contributed by atoms with Gasteiger partial charge >= 0.3 is 5.97 Å². The van der Waals surface area contributed by atoms with Gasteiger partial charge in [0, 0.05) is 13.7 Å². The van der Waals surface area contributed by atoms with Gasteiger partial charge in [-0.1, -0.05) is 0 Å². The molecule has 2 N–H and O–H groups in total. The maximum Gasteiger partial charge on any atom is 0.332 e. The van der Waals surface area contributed by atoms with Gasteiger partial charge in [0.25, 0.3) is 5.91 Å².